The van der Waals surface area contributed by atoms with Crippen molar-refractivity contribution in [2.24, 2.45) is 0 Å². The minimum atomic E-state index is -3.53. The molecule has 0 spiro atoms. The summed E-state index contributed by atoms with van der Waals surface area (Å²) in [6.45, 7) is 9.84. The largest absolute Gasteiger partial charge is 0.379 e. The van der Waals surface area contributed by atoms with Gasteiger partial charge < -0.3 is 4.74 Å². The number of rotatable bonds is 7. The van der Waals surface area contributed by atoms with E-state index in [-0.39, 0.29) is 11.1 Å². The molecule has 0 saturated carbocycles. The molecule has 2 heterocycles. The third-order valence-corrected chi connectivity index (χ3v) is 5.41. The fraction of sp³-hybridized carbons (Fsp3) is 0.786. The first-order chi connectivity index (χ1) is 10.5. The third-order valence-electron chi connectivity index (χ3n) is 3.98. The number of hydrogen-bond acceptors (Lipinski definition) is 5. The Labute approximate surface area is 132 Å². The molecule has 7 nitrogen and oxygen atoms in total. The van der Waals surface area contributed by atoms with Crippen LogP contribution in [-0.2, 0) is 21.3 Å². The molecule has 1 saturated heterocycles. The van der Waals surface area contributed by atoms with Crippen LogP contribution < -0.4 is 4.72 Å². The minimum absolute atomic E-state index is 0.192. The summed E-state index contributed by atoms with van der Waals surface area (Å²) in [5.41, 5.74) is 0.711. The van der Waals surface area contributed by atoms with Crippen LogP contribution in [0.1, 0.15) is 26.0 Å². The third kappa shape index (κ3) is 4.07. The highest BCUT2D eigenvalue weighted by molar-refractivity contribution is 7.89. The van der Waals surface area contributed by atoms with Gasteiger partial charge in [0.05, 0.1) is 18.9 Å². The minimum Gasteiger partial charge on any atom is -0.379 e. The first-order valence-corrected chi connectivity index (χ1v) is 9.32. The van der Waals surface area contributed by atoms with Crippen molar-refractivity contribution in [1.82, 2.24) is 19.4 Å². The van der Waals surface area contributed by atoms with Gasteiger partial charge in [-0.25, -0.2) is 13.1 Å². The van der Waals surface area contributed by atoms with Crippen molar-refractivity contribution in [2.75, 3.05) is 32.8 Å². The summed E-state index contributed by atoms with van der Waals surface area (Å²) in [6, 6.07) is 1.80. The molecular weight excluding hydrogens is 304 g/mol. The summed E-state index contributed by atoms with van der Waals surface area (Å²) >= 11 is 0. The SMILES string of the molecule is CC[C@H](CNS(=O)(=O)c1cc(C)nn1CC)N1CCOCC1. The van der Waals surface area contributed by atoms with Crippen LogP contribution in [0.2, 0.25) is 0 Å². The Morgan fingerprint density at radius 3 is 2.64 bits per heavy atom. The normalized spacial score (nSPS) is 18.5. The first kappa shape index (κ1) is 17.4. The molecule has 1 aliphatic rings. The average Bonchev–Trinajstić information content (AvgIpc) is 2.91. The smallest absolute Gasteiger partial charge is 0.257 e. The molecule has 0 unspecified atom stereocenters. The zero-order valence-corrected chi connectivity index (χ0v) is 14.4. The predicted molar refractivity (Wildman–Crippen MR) is 84.3 cm³/mol. The van der Waals surface area contributed by atoms with Crippen LogP contribution in [0.15, 0.2) is 11.1 Å². The van der Waals surface area contributed by atoms with Crippen molar-refractivity contribution in [3.63, 3.8) is 0 Å². The van der Waals surface area contributed by atoms with Gasteiger partial charge in [-0.2, -0.15) is 5.10 Å². The van der Waals surface area contributed by atoms with E-state index in [1.807, 2.05) is 6.92 Å². The number of nitrogens with one attached hydrogen (secondary N) is 1. The fourth-order valence-corrected chi connectivity index (χ4v) is 4.05. The molecule has 22 heavy (non-hydrogen) atoms. The fourth-order valence-electron chi connectivity index (χ4n) is 2.72. The molecule has 1 N–H and O–H groups in total. The van der Waals surface area contributed by atoms with Crippen molar-refractivity contribution < 1.29 is 13.2 Å². The Kier molecular flexibility index (Phi) is 5.96. The van der Waals surface area contributed by atoms with Crippen LogP contribution in [-0.4, -0.2) is 62.0 Å². The maximum absolute atomic E-state index is 12.5. The standard InChI is InChI=1S/C14H26N4O3S/c1-4-13(17-6-8-21-9-7-17)11-15-22(19,20)14-10-12(3)16-18(14)5-2/h10,13,15H,4-9,11H2,1-3H3/t13-/m1/s1. The predicted octanol–water partition coefficient (Wildman–Crippen LogP) is 0.601. The van der Waals surface area contributed by atoms with E-state index in [9.17, 15) is 8.42 Å². The summed E-state index contributed by atoms with van der Waals surface area (Å²) < 4.78 is 34.6. The van der Waals surface area contributed by atoms with E-state index in [4.69, 9.17) is 4.74 Å². The van der Waals surface area contributed by atoms with Crippen molar-refractivity contribution >= 4 is 10.0 Å². The molecule has 0 aliphatic carbocycles. The number of hydrogen-bond donors (Lipinski definition) is 1. The molecule has 126 valence electrons. The monoisotopic (exact) mass is 330 g/mol. The Hall–Kier alpha value is -0.960. The molecule has 1 aromatic rings. The van der Waals surface area contributed by atoms with Gasteiger partial charge >= 0.3 is 0 Å². The zero-order valence-electron chi connectivity index (χ0n) is 13.6. The molecule has 8 heteroatoms. The highest BCUT2D eigenvalue weighted by atomic mass is 32.2. The summed E-state index contributed by atoms with van der Waals surface area (Å²) in [7, 11) is -3.53. The van der Waals surface area contributed by atoms with Gasteiger partial charge in [-0.3, -0.25) is 9.58 Å². The van der Waals surface area contributed by atoms with E-state index >= 15 is 0 Å². The second-order valence-electron chi connectivity index (χ2n) is 5.50. The quantitative estimate of drug-likeness (QED) is 0.792. The van der Waals surface area contributed by atoms with Crippen LogP contribution in [0.4, 0.5) is 0 Å². The molecule has 1 aliphatic heterocycles. The van der Waals surface area contributed by atoms with Crippen LogP contribution >= 0.6 is 0 Å². The van der Waals surface area contributed by atoms with Gasteiger partial charge in [0.15, 0.2) is 5.03 Å². The van der Waals surface area contributed by atoms with Gasteiger partial charge in [0, 0.05) is 32.2 Å². The molecular formula is C14H26N4O3S. The molecule has 0 radical (unpaired) electrons. The van der Waals surface area contributed by atoms with Crippen molar-refractivity contribution in [1.29, 1.82) is 0 Å². The van der Waals surface area contributed by atoms with E-state index in [0.29, 0.717) is 32.0 Å². The molecule has 0 bridgehead atoms. The van der Waals surface area contributed by atoms with Crippen LogP contribution in [0, 0.1) is 6.92 Å². The molecule has 0 aromatic carbocycles. The van der Waals surface area contributed by atoms with Gasteiger partial charge in [0.2, 0.25) is 0 Å². The van der Waals surface area contributed by atoms with E-state index in [0.717, 1.165) is 19.5 Å². The van der Waals surface area contributed by atoms with Crippen molar-refractivity contribution in [3.05, 3.63) is 11.8 Å². The number of sulfonamides is 1. The average molecular weight is 330 g/mol. The molecule has 1 atom stereocenters. The lowest BCUT2D eigenvalue weighted by Crippen LogP contribution is -2.48. The van der Waals surface area contributed by atoms with E-state index < -0.39 is 10.0 Å². The first-order valence-electron chi connectivity index (χ1n) is 7.83. The second-order valence-corrected chi connectivity index (χ2v) is 7.22. The highest BCUT2D eigenvalue weighted by Gasteiger charge is 2.24. The lowest BCUT2D eigenvalue weighted by atomic mass is 10.2. The highest BCUT2D eigenvalue weighted by Crippen LogP contribution is 2.12. The van der Waals surface area contributed by atoms with Crippen molar-refractivity contribution in [3.8, 4) is 0 Å². The number of aromatic nitrogens is 2. The van der Waals surface area contributed by atoms with Gasteiger partial charge in [0.25, 0.3) is 10.0 Å². The summed E-state index contributed by atoms with van der Waals surface area (Å²) in [5.74, 6) is 0. The Bertz CT molecular complexity index is 579. The Morgan fingerprint density at radius 1 is 1.36 bits per heavy atom. The van der Waals surface area contributed by atoms with Gasteiger partial charge in [-0.15, -0.1) is 0 Å². The summed E-state index contributed by atoms with van der Waals surface area (Å²) in [6.07, 6.45) is 0.897. The zero-order chi connectivity index (χ0) is 16.2. The van der Waals surface area contributed by atoms with Gasteiger partial charge in [-0.05, 0) is 26.3 Å². The van der Waals surface area contributed by atoms with Crippen LogP contribution in [0.25, 0.3) is 0 Å². The lowest BCUT2D eigenvalue weighted by molar-refractivity contribution is 0.0169. The lowest BCUT2D eigenvalue weighted by Gasteiger charge is -2.33. The number of morpholine rings is 1. The maximum atomic E-state index is 12.5. The van der Waals surface area contributed by atoms with Crippen LogP contribution in [0.5, 0.6) is 0 Å². The molecule has 1 fully saturated rings. The second kappa shape index (κ2) is 7.54. The summed E-state index contributed by atoms with van der Waals surface area (Å²) in [5, 5.41) is 4.44. The van der Waals surface area contributed by atoms with E-state index in [1.54, 1.807) is 13.0 Å². The maximum Gasteiger partial charge on any atom is 0.257 e. The van der Waals surface area contributed by atoms with E-state index in [1.165, 1.54) is 4.68 Å². The molecule has 1 aromatic heterocycles. The van der Waals surface area contributed by atoms with E-state index in [2.05, 4.69) is 21.6 Å². The van der Waals surface area contributed by atoms with Crippen molar-refractivity contribution in [2.45, 2.75) is 44.8 Å². The topological polar surface area (TPSA) is 76.5 Å². The molecule has 2 rings (SSSR count). The molecule has 0 amide bonds. The number of aryl methyl sites for hydroxylation is 2. The Morgan fingerprint density at radius 2 is 2.05 bits per heavy atom. The van der Waals surface area contributed by atoms with Crippen LogP contribution in [0.3, 0.4) is 0 Å². The number of nitrogens with zero attached hydrogens (tertiary/aromatic N) is 3. The van der Waals surface area contributed by atoms with Gasteiger partial charge in [0.1, 0.15) is 0 Å². The number of ether oxygens (including phenoxy) is 1. The Balaban J connectivity index is 2.04. The summed E-state index contributed by atoms with van der Waals surface area (Å²) in [4.78, 5) is 2.29. The van der Waals surface area contributed by atoms with Gasteiger partial charge in [-0.1, -0.05) is 6.92 Å².